The number of aliphatic hydroxyl groups excluding tert-OH is 1. The molecule has 0 aliphatic rings. The van der Waals surface area contributed by atoms with E-state index in [0.29, 0.717) is 29.0 Å². The Labute approximate surface area is 168 Å². The van der Waals surface area contributed by atoms with E-state index < -0.39 is 0 Å². The lowest BCUT2D eigenvalue weighted by atomic mass is 10.2. The normalized spacial score (nSPS) is 10.8. The molecule has 3 rings (SSSR count). The number of aromatic nitrogens is 3. The first-order chi connectivity index (χ1) is 13.0. The molecule has 0 fully saturated rings. The van der Waals surface area contributed by atoms with Crippen molar-refractivity contribution >= 4 is 29.0 Å². The summed E-state index contributed by atoms with van der Waals surface area (Å²) < 4.78 is 7.79. The average Bonchev–Trinajstić information content (AvgIpc) is 3.06. The molecule has 0 atom stereocenters. The Morgan fingerprint density at radius 1 is 1.19 bits per heavy atom. The molecular formula is C19H20Cl2N4O2. The molecule has 8 heteroatoms. The number of hydrogen-bond donors (Lipinski definition) is 1. The summed E-state index contributed by atoms with van der Waals surface area (Å²) in [5, 5.41) is 10.3. The summed E-state index contributed by atoms with van der Waals surface area (Å²) in [4.78, 5) is 10.7. The number of rotatable bonds is 8. The van der Waals surface area contributed by atoms with Crippen LogP contribution in [-0.4, -0.2) is 39.8 Å². The molecule has 0 saturated heterocycles. The molecule has 1 aromatic carbocycles. The maximum atomic E-state index is 9.05. The highest BCUT2D eigenvalue weighted by molar-refractivity contribution is 6.34. The molecule has 0 saturated carbocycles. The molecule has 0 amide bonds. The lowest BCUT2D eigenvalue weighted by molar-refractivity contribution is 0.278. The highest BCUT2D eigenvalue weighted by Gasteiger charge is 2.08. The zero-order chi connectivity index (χ0) is 19.2. The van der Waals surface area contributed by atoms with Crippen molar-refractivity contribution in [1.82, 2.24) is 14.5 Å². The molecule has 0 aliphatic heterocycles. The lowest BCUT2D eigenvalue weighted by Crippen LogP contribution is -2.22. The Hall–Kier alpha value is -2.28. The fraction of sp³-hybridized carbons (Fsp3) is 0.263. The second-order valence-electron chi connectivity index (χ2n) is 6.02. The summed E-state index contributed by atoms with van der Waals surface area (Å²) in [7, 11) is 1.87. The van der Waals surface area contributed by atoms with Gasteiger partial charge in [-0.2, -0.15) is 4.98 Å². The first kappa shape index (κ1) is 19.5. The molecule has 6 nitrogen and oxygen atoms in total. The van der Waals surface area contributed by atoms with E-state index >= 15 is 0 Å². The number of hydrogen-bond acceptors (Lipinski definition) is 5. The van der Waals surface area contributed by atoms with Crippen molar-refractivity contribution in [3.8, 4) is 5.88 Å². The van der Waals surface area contributed by atoms with Crippen molar-refractivity contribution in [3.63, 3.8) is 0 Å². The largest absolute Gasteiger partial charge is 0.469 e. The molecule has 2 heterocycles. The van der Waals surface area contributed by atoms with Gasteiger partial charge in [-0.15, -0.1) is 0 Å². The molecule has 0 aliphatic carbocycles. The van der Waals surface area contributed by atoms with E-state index in [1.165, 1.54) is 0 Å². The highest BCUT2D eigenvalue weighted by atomic mass is 35.5. The van der Waals surface area contributed by atoms with Crippen LogP contribution in [0.15, 0.2) is 48.8 Å². The van der Waals surface area contributed by atoms with Crippen LogP contribution in [0.4, 0.5) is 5.82 Å². The van der Waals surface area contributed by atoms with Crippen LogP contribution in [0.5, 0.6) is 5.88 Å². The third kappa shape index (κ3) is 5.35. The van der Waals surface area contributed by atoms with Gasteiger partial charge < -0.3 is 19.3 Å². The summed E-state index contributed by atoms with van der Waals surface area (Å²) in [5.74, 6) is 2.00. The van der Waals surface area contributed by atoms with Crippen LogP contribution in [0.25, 0.3) is 0 Å². The third-order valence-electron chi connectivity index (χ3n) is 3.96. The number of aliphatic hydroxyl groups is 1. The van der Waals surface area contributed by atoms with Crippen LogP contribution in [0.2, 0.25) is 10.0 Å². The van der Waals surface area contributed by atoms with Crippen LogP contribution >= 0.6 is 23.2 Å². The lowest BCUT2D eigenvalue weighted by Gasteiger charge is -2.17. The van der Waals surface area contributed by atoms with Gasteiger partial charge in [-0.05, 0) is 29.8 Å². The summed E-state index contributed by atoms with van der Waals surface area (Å²) >= 11 is 12.1. The van der Waals surface area contributed by atoms with Gasteiger partial charge in [-0.3, -0.25) is 0 Å². The second-order valence-corrected chi connectivity index (χ2v) is 6.89. The van der Waals surface area contributed by atoms with Gasteiger partial charge in [-0.25, -0.2) is 4.98 Å². The predicted molar refractivity (Wildman–Crippen MR) is 107 cm³/mol. The zero-order valence-electron chi connectivity index (χ0n) is 14.8. The monoisotopic (exact) mass is 406 g/mol. The van der Waals surface area contributed by atoms with Gasteiger partial charge in [0.05, 0.1) is 6.61 Å². The number of imidazole rings is 1. The molecule has 2 aromatic heterocycles. The van der Waals surface area contributed by atoms with Crippen LogP contribution < -0.4 is 9.64 Å². The van der Waals surface area contributed by atoms with Crippen LogP contribution in [-0.2, 0) is 13.2 Å². The molecule has 0 spiro atoms. The molecule has 0 unspecified atom stereocenters. The van der Waals surface area contributed by atoms with Crippen molar-refractivity contribution in [3.05, 3.63) is 70.2 Å². The minimum Gasteiger partial charge on any atom is -0.469 e. The summed E-state index contributed by atoms with van der Waals surface area (Å²) in [5.41, 5.74) is 0.984. The molecule has 0 radical (unpaired) electrons. The minimum absolute atomic E-state index is 0.0637. The minimum atomic E-state index is 0.0637. The Morgan fingerprint density at radius 3 is 2.70 bits per heavy atom. The quantitative estimate of drug-likeness (QED) is 0.618. The van der Waals surface area contributed by atoms with E-state index in [1.807, 2.05) is 47.0 Å². The fourth-order valence-corrected chi connectivity index (χ4v) is 3.19. The molecule has 1 N–H and O–H groups in total. The number of pyridine rings is 1. The van der Waals surface area contributed by atoms with E-state index in [-0.39, 0.29) is 13.2 Å². The highest BCUT2D eigenvalue weighted by Crippen LogP contribution is 2.20. The summed E-state index contributed by atoms with van der Waals surface area (Å²) in [6.07, 6.45) is 3.61. The SMILES string of the molecule is CN(CCO)c1cccc(OCc2nccn2Cc2cc(Cl)cc(Cl)c2)n1. The Kier molecular flexibility index (Phi) is 6.55. The number of halogens is 2. The van der Waals surface area contributed by atoms with Crippen molar-refractivity contribution < 1.29 is 9.84 Å². The first-order valence-corrected chi connectivity index (χ1v) is 9.17. The van der Waals surface area contributed by atoms with Gasteiger partial charge in [-0.1, -0.05) is 29.3 Å². The Morgan fingerprint density at radius 2 is 1.96 bits per heavy atom. The molecule has 27 heavy (non-hydrogen) atoms. The zero-order valence-corrected chi connectivity index (χ0v) is 16.4. The van der Waals surface area contributed by atoms with Crippen molar-refractivity contribution in [2.24, 2.45) is 0 Å². The smallest absolute Gasteiger partial charge is 0.215 e. The summed E-state index contributed by atoms with van der Waals surface area (Å²) in [6.45, 7) is 1.43. The van der Waals surface area contributed by atoms with E-state index in [1.54, 1.807) is 18.3 Å². The number of ether oxygens (including phenoxy) is 1. The van der Waals surface area contributed by atoms with Crippen LogP contribution in [0, 0.1) is 0 Å². The predicted octanol–water partition coefficient (Wildman–Crippen LogP) is 3.64. The van der Waals surface area contributed by atoms with Gasteiger partial charge in [0.15, 0.2) is 0 Å². The number of likely N-dealkylation sites (N-methyl/N-ethyl adjacent to an activating group) is 1. The van der Waals surface area contributed by atoms with Gasteiger partial charge in [0.2, 0.25) is 5.88 Å². The first-order valence-electron chi connectivity index (χ1n) is 8.42. The third-order valence-corrected chi connectivity index (χ3v) is 4.40. The second kappa shape index (κ2) is 9.08. The van der Waals surface area contributed by atoms with Gasteiger partial charge in [0.25, 0.3) is 0 Å². The van der Waals surface area contributed by atoms with E-state index in [9.17, 15) is 0 Å². The molecular weight excluding hydrogens is 387 g/mol. The number of anilines is 1. The number of benzene rings is 1. The maximum absolute atomic E-state index is 9.05. The van der Waals surface area contributed by atoms with Gasteiger partial charge in [0.1, 0.15) is 18.2 Å². The van der Waals surface area contributed by atoms with Crippen molar-refractivity contribution in [1.29, 1.82) is 0 Å². The molecule has 142 valence electrons. The Balaban J connectivity index is 1.68. The van der Waals surface area contributed by atoms with Gasteiger partial charge in [0, 0.05) is 48.6 Å². The van der Waals surface area contributed by atoms with E-state index in [0.717, 1.165) is 17.2 Å². The average molecular weight is 407 g/mol. The van der Waals surface area contributed by atoms with Gasteiger partial charge >= 0.3 is 0 Å². The molecule has 0 bridgehead atoms. The number of nitrogens with zero attached hydrogens (tertiary/aromatic N) is 4. The van der Waals surface area contributed by atoms with Crippen LogP contribution in [0.1, 0.15) is 11.4 Å². The standard InChI is InChI=1S/C19H20Cl2N4O2/c1-24(7-8-26)17-3-2-4-19(23-17)27-13-18-22-5-6-25(18)12-14-9-15(20)11-16(21)10-14/h2-6,9-11,26H,7-8,12-13H2,1H3. The summed E-state index contributed by atoms with van der Waals surface area (Å²) in [6, 6.07) is 11.0. The van der Waals surface area contributed by atoms with E-state index in [4.69, 9.17) is 33.0 Å². The van der Waals surface area contributed by atoms with Crippen LogP contribution in [0.3, 0.4) is 0 Å². The molecule has 3 aromatic rings. The Bertz CT molecular complexity index is 881. The maximum Gasteiger partial charge on any atom is 0.215 e. The van der Waals surface area contributed by atoms with E-state index in [2.05, 4.69) is 9.97 Å². The fourth-order valence-electron chi connectivity index (χ4n) is 2.62. The van der Waals surface area contributed by atoms with Crippen molar-refractivity contribution in [2.45, 2.75) is 13.2 Å². The topological polar surface area (TPSA) is 63.4 Å². The van der Waals surface area contributed by atoms with Crippen molar-refractivity contribution in [2.75, 3.05) is 25.1 Å².